The molecule has 0 amide bonds. The summed E-state index contributed by atoms with van der Waals surface area (Å²) < 4.78 is 5.62. The Labute approximate surface area is 144 Å². The SMILES string of the molecule is C[C@@]1(CO)[C@H]2CC=C3CC(C4(CO)CO4)CC[C@H]3[C@]2(C)CC[C@H]1O. The molecule has 24 heavy (non-hydrogen) atoms. The van der Waals surface area contributed by atoms with Crippen molar-refractivity contribution in [2.45, 2.75) is 64.1 Å². The monoisotopic (exact) mass is 336 g/mol. The molecule has 1 heterocycles. The normalized spacial score (nSPS) is 53.8. The molecule has 0 aromatic carbocycles. The quantitative estimate of drug-likeness (QED) is 0.546. The van der Waals surface area contributed by atoms with Crippen LogP contribution in [0.1, 0.15) is 52.4 Å². The standard InChI is InChI=1S/C20H32O4/c1-18-8-7-17(23)19(2,10-21)16(18)6-3-13-9-14(4-5-15(13)18)20(11-22)12-24-20/h3,14-17,21-23H,4-12H2,1-2H3/t14?,15-,16+,17-,18+,19-,20?/m1/s1. The van der Waals surface area contributed by atoms with Crippen LogP contribution in [0.15, 0.2) is 11.6 Å². The van der Waals surface area contributed by atoms with E-state index in [1.54, 1.807) is 5.57 Å². The molecule has 136 valence electrons. The second-order valence-electron chi connectivity index (χ2n) is 9.33. The number of rotatable bonds is 3. The van der Waals surface area contributed by atoms with Gasteiger partial charge in [0.1, 0.15) is 5.60 Å². The minimum atomic E-state index is -0.399. The number of hydrogen-bond acceptors (Lipinski definition) is 4. The van der Waals surface area contributed by atoms with Crippen LogP contribution in [0.25, 0.3) is 0 Å². The molecule has 0 aromatic heterocycles. The fourth-order valence-corrected chi connectivity index (χ4v) is 6.44. The zero-order valence-corrected chi connectivity index (χ0v) is 15.0. The summed E-state index contributed by atoms with van der Waals surface area (Å²) in [6, 6.07) is 0. The lowest BCUT2D eigenvalue weighted by atomic mass is 9.45. The van der Waals surface area contributed by atoms with Crippen molar-refractivity contribution in [1.29, 1.82) is 0 Å². The van der Waals surface area contributed by atoms with Crippen molar-refractivity contribution in [3.8, 4) is 0 Å². The van der Waals surface area contributed by atoms with Crippen LogP contribution >= 0.6 is 0 Å². The average molecular weight is 336 g/mol. The predicted molar refractivity (Wildman–Crippen MR) is 91.3 cm³/mol. The van der Waals surface area contributed by atoms with Crippen molar-refractivity contribution in [3.05, 3.63) is 11.6 Å². The number of hydrogen-bond donors (Lipinski definition) is 3. The molecule has 3 N–H and O–H groups in total. The van der Waals surface area contributed by atoms with Gasteiger partial charge in [0.25, 0.3) is 0 Å². The molecule has 2 saturated carbocycles. The highest BCUT2D eigenvalue weighted by atomic mass is 16.6. The Kier molecular flexibility index (Phi) is 3.93. The van der Waals surface area contributed by atoms with Gasteiger partial charge in [-0.1, -0.05) is 25.5 Å². The highest BCUT2D eigenvalue weighted by Gasteiger charge is 2.59. The number of fused-ring (bicyclic) bond motifs is 3. The lowest BCUT2D eigenvalue weighted by Gasteiger charge is -2.60. The second-order valence-corrected chi connectivity index (χ2v) is 9.33. The van der Waals surface area contributed by atoms with Gasteiger partial charge in [-0.15, -0.1) is 0 Å². The maximum Gasteiger partial charge on any atom is 0.118 e. The molecule has 0 aromatic rings. The number of aliphatic hydroxyl groups excluding tert-OH is 3. The molecule has 0 spiro atoms. The minimum Gasteiger partial charge on any atom is -0.396 e. The van der Waals surface area contributed by atoms with Crippen LogP contribution in [0.5, 0.6) is 0 Å². The van der Waals surface area contributed by atoms with Crippen molar-refractivity contribution >= 4 is 0 Å². The van der Waals surface area contributed by atoms with Crippen molar-refractivity contribution in [2.24, 2.45) is 28.6 Å². The first-order valence-electron chi connectivity index (χ1n) is 9.62. The van der Waals surface area contributed by atoms with Crippen LogP contribution < -0.4 is 0 Å². The topological polar surface area (TPSA) is 73.2 Å². The summed E-state index contributed by atoms with van der Waals surface area (Å²) >= 11 is 0. The van der Waals surface area contributed by atoms with Crippen molar-refractivity contribution in [3.63, 3.8) is 0 Å². The molecule has 2 unspecified atom stereocenters. The van der Waals surface area contributed by atoms with E-state index >= 15 is 0 Å². The van der Waals surface area contributed by atoms with E-state index in [1.807, 2.05) is 0 Å². The first kappa shape index (κ1) is 17.0. The van der Waals surface area contributed by atoms with Gasteiger partial charge in [-0.25, -0.2) is 0 Å². The van der Waals surface area contributed by atoms with Crippen molar-refractivity contribution in [2.75, 3.05) is 19.8 Å². The van der Waals surface area contributed by atoms with Crippen molar-refractivity contribution < 1.29 is 20.1 Å². The third kappa shape index (κ3) is 2.19. The van der Waals surface area contributed by atoms with E-state index in [0.717, 1.165) is 38.5 Å². The second kappa shape index (κ2) is 5.54. The van der Waals surface area contributed by atoms with E-state index in [1.165, 1.54) is 0 Å². The Morgan fingerprint density at radius 3 is 2.54 bits per heavy atom. The average Bonchev–Trinajstić information content (AvgIpc) is 3.39. The molecule has 4 rings (SSSR count). The van der Waals surface area contributed by atoms with Gasteiger partial charge in [0.05, 0.1) is 25.9 Å². The van der Waals surface area contributed by atoms with E-state index in [9.17, 15) is 15.3 Å². The first-order chi connectivity index (χ1) is 11.4. The van der Waals surface area contributed by atoms with Gasteiger partial charge in [0.15, 0.2) is 0 Å². The van der Waals surface area contributed by atoms with E-state index in [4.69, 9.17) is 4.74 Å². The van der Waals surface area contributed by atoms with Crippen LogP contribution in [0.3, 0.4) is 0 Å². The van der Waals surface area contributed by atoms with Gasteiger partial charge in [0.2, 0.25) is 0 Å². The number of aliphatic hydroxyl groups is 3. The van der Waals surface area contributed by atoms with Crippen LogP contribution in [0, 0.1) is 28.6 Å². The van der Waals surface area contributed by atoms with E-state index in [-0.39, 0.29) is 24.2 Å². The summed E-state index contributed by atoms with van der Waals surface area (Å²) in [5.74, 6) is 1.34. The van der Waals surface area contributed by atoms with Crippen LogP contribution in [-0.4, -0.2) is 46.8 Å². The van der Waals surface area contributed by atoms with Gasteiger partial charge in [0, 0.05) is 5.41 Å². The van der Waals surface area contributed by atoms with Gasteiger partial charge in [-0.05, 0) is 61.7 Å². The summed E-state index contributed by atoms with van der Waals surface area (Å²) in [4.78, 5) is 0. The molecule has 1 aliphatic heterocycles. The zero-order valence-electron chi connectivity index (χ0n) is 15.0. The Balaban J connectivity index is 1.61. The summed E-state index contributed by atoms with van der Waals surface area (Å²) in [6.45, 7) is 5.38. The summed E-state index contributed by atoms with van der Waals surface area (Å²) in [5, 5.41) is 30.2. The summed E-state index contributed by atoms with van der Waals surface area (Å²) in [7, 11) is 0. The number of allylic oxidation sites excluding steroid dienone is 2. The molecule has 0 bridgehead atoms. The van der Waals surface area contributed by atoms with Gasteiger partial charge in [-0.3, -0.25) is 0 Å². The Morgan fingerprint density at radius 2 is 1.92 bits per heavy atom. The lowest BCUT2D eigenvalue weighted by molar-refractivity contribution is -0.147. The third-order valence-corrected chi connectivity index (χ3v) is 8.32. The van der Waals surface area contributed by atoms with Gasteiger partial charge in [-0.2, -0.15) is 0 Å². The molecular formula is C20H32O4. The molecule has 4 aliphatic rings. The summed E-state index contributed by atoms with van der Waals surface area (Å²) in [5.41, 5.74) is 1.07. The Hall–Kier alpha value is -0.420. The van der Waals surface area contributed by atoms with Crippen molar-refractivity contribution in [1.82, 2.24) is 0 Å². The fourth-order valence-electron chi connectivity index (χ4n) is 6.44. The molecule has 4 heteroatoms. The molecule has 7 atom stereocenters. The highest BCUT2D eigenvalue weighted by molar-refractivity contribution is 5.24. The van der Waals surface area contributed by atoms with Crippen LogP contribution in [0.2, 0.25) is 0 Å². The maximum atomic E-state index is 10.5. The largest absolute Gasteiger partial charge is 0.396 e. The fraction of sp³-hybridized carbons (Fsp3) is 0.900. The molecule has 4 nitrogen and oxygen atoms in total. The number of epoxide rings is 1. The third-order valence-electron chi connectivity index (χ3n) is 8.32. The lowest BCUT2D eigenvalue weighted by Crippen LogP contribution is -2.57. The van der Waals surface area contributed by atoms with Gasteiger partial charge < -0.3 is 20.1 Å². The minimum absolute atomic E-state index is 0.0639. The van der Waals surface area contributed by atoms with E-state index < -0.39 is 11.5 Å². The molecular weight excluding hydrogens is 304 g/mol. The molecule has 0 radical (unpaired) electrons. The highest BCUT2D eigenvalue weighted by Crippen LogP contribution is 2.63. The smallest absolute Gasteiger partial charge is 0.118 e. The first-order valence-corrected chi connectivity index (χ1v) is 9.62. The molecule has 3 aliphatic carbocycles. The van der Waals surface area contributed by atoms with E-state index in [2.05, 4.69) is 19.9 Å². The number of ether oxygens (including phenoxy) is 1. The van der Waals surface area contributed by atoms with Crippen LogP contribution in [-0.2, 0) is 4.74 Å². The Morgan fingerprint density at radius 1 is 1.17 bits per heavy atom. The van der Waals surface area contributed by atoms with Gasteiger partial charge >= 0.3 is 0 Å². The molecule has 3 fully saturated rings. The maximum absolute atomic E-state index is 10.5. The predicted octanol–water partition coefficient (Wildman–Crippen LogP) is 2.27. The van der Waals surface area contributed by atoms with E-state index in [0.29, 0.717) is 24.4 Å². The Bertz CT molecular complexity index is 540. The summed E-state index contributed by atoms with van der Waals surface area (Å²) in [6.07, 6.45) is 8.09. The molecule has 1 saturated heterocycles. The zero-order chi connectivity index (χ0) is 17.2. The van der Waals surface area contributed by atoms with Crippen LogP contribution in [0.4, 0.5) is 0 Å².